The van der Waals surface area contributed by atoms with Crippen LogP contribution in [-0.2, 0) is 4.74 Å². The first-order valence-corrected chi connectivity index (χ1v) is 8.58. The van der Waals surface area contributed by atoms with Crippen LogP contribution in [0.3, 0.4) is 0 Å². The van der Waals surface area contributed by atoms with Crippen LogP contribution in [0.4, 0.5) is 10.5 Å². The zero-order valence-corrected chi connectivity index (χ0v) is 13.8. The molecule has 1 atom stereocenters. The Kier molecular flexibility index (Phi) is 5.85. The molecular weight excluding hydrogens is 304 g/mol. The molecule has 24 heavy (non-hydrogen) atoms. The molecule has 0 saturated carbocycles. The fraction of sp³-hybridized carbons (Fsp3) is 0.444. The van der Waals surface area contributed by atoms with Crippen LogP contribution in [0.5, 0.6) is 0 Å². The summed E-state index contributed by atoms with van der Waals surface area (Å²) >= 11 is 0. The molecule has 1 aromatic carbocycles. The molecule has 1 aromatic heterocycles. The highest BCUT2D eigenvalue weighted by molar-refractivity contribution is 5.89. The highest BCUT2D eigenvalue weighted by atomic mass is 16.5. The minimum absolute atomic E-state index is 0.168. The third-order valence-corrected chi connectivity index (χ3v) is 4.16. The van der Waals surface area contributed by atoms with Gasteiger partial charge in [0.15, 0.2) is 0 Å². The minimum atomic E-state index is -0.168. The Morgan fingerprint density at radius 3 is 2.88 bits per heavy atom. The molecule has 2 aromatic rings. The predicted molar refractivity (Wildman–Crippen MR) is 93.4 cm³/mol. The van der Waals surface area contributed by atoms with Crippen LogP contribution >= 0.6 is 0 Å². The van der Waals surface area contributed by atoms with Crippen LogP contribution < -0.4 is 10.6 Å². The summed E-state index contributed by atoms with van der Waals surface area (Å²) in [7, 11) is 0. The van der Waals surface area contributed by atoms with Gasteiger partial charge in [-0.25, -0.2) is 9.48 Å². The van der Waals surface area contributed by atoms with Crippen LogP contribution in [0.15, 0.2) is 42.7 Å². The second-order valence-electron chi connectivity index (χ2n) is 6.01. The maximum atomic E-state index is 11.9. The summed E-state index contributed by atoms with van der Waals surface area (Å²) in [5.41, 5.74) is 1.72. The summed E-state index contributed by atoms with van der Waals surface area (Å²) in [6, 6.07) is 9.29. The van der Waals surface area contributed by atoms with Gasteiger partial charge < -0.3 is 15.4 Å². The van der Waals surface area contributed by atoms with E-state index in [1.807, 2.05) is 36.5 Å². The number of carbonyl (C=O) groups is 1. The molecule has 1 unspecified atom stereocenters. The first-order chi connectivity index (χ1) is 11.8. The van der Waals surface area contributed by atoms with E-state index in [4.69, 9.17) is 4.74 Å². The van der Waals surface area contributed by atoms with Crippen LogP contribution in [0, 0.1) is 0 Å². The van der Waals surface area contributed by atoms with Gasteiger partial charge in [-0.05, 0) is 62.4 Å². The maximum absolute atomic E-state index is 11.9. The van der Waals surface area contributed by atoms with E-state index in [9.17, 15) is 4.79 Å². The van der Waals surface area contributed by atoms with Gasteiger partial charge in [0.05, 0.1) is 11.8 Å². The average Bonchev–Trinajstić information content (AvgIpc) is 3.29. The molecule has 0 radical (unpaired) electrons. The van der Waals surface area contributed by atoms with E-state index in [0.29, 0.717) is 12.6 Å². The average molecular weight is 328 g/mol. The number of aromatic nitrogens is 2. The van der Waals surface area contributed by atoms with Crippen molar-refractivity contribution in [3.63, 3.8) is 0 Å². The van der Waals surface area contributed by atoms with E-state index in [0.717, 1.165) is 37.2 Å². The number of urea groups is 1. The molecule has 1 fully saturated rings. The van der Waals surface area contributed by atoms with E-state index in [-0.39, 0.29) is 6.03 Å². The second kappa shape index (κ2) is 8.49. The molecular formula is C18H24N4O2. The Bertz CT molecular complexity index is 619. The fourth-order valence-electron chi connectivity index (χ4n) is 2.87. The van der Waals surface area contributed by atoms with E-state index in [1.54, 1.807) is 10.9 Å². The summed E-state index contributed by atoms with van der Waals surface area (Å²) in [5.74, 6) is 0. The van der Waals surface area contributed by atoms with Crippen molar-refractivity contribution in [3.8, 4) is 5.69 Å². The summed E-state index contributed by atoms with van der Waals surface area (Å²) < 4.78 is 7.37. The molecule has 6 heteroatoms. The van der Waals surface area contributed by atoms with Crippen LogP contribution in [0.2, 0.25) is 0 Å². The first-order valence-electron chi connectivity index (χ1n) is 8.58. The van der Waals surface area contributed by atoms with Crippen LogP contribution in [-0.4, -0.2) is 35.1 Å². The lowest BCUT2D eigenvalue weighted by Gasteiger charge is -2.10. The van der Waals surface area contributed by atoms with Crippen molar-refractivity contribution >= 4 is 11.7 Å². The van der Waals surface area contributed by atoms with Crippen molar-refractivity contribution in [2.45, 2.75) is 38.2 Å². The maximum Gasteiger partial charge on any atom is 0.319 e. The van der Waals surface area contributed by atoms with Crippen LogP contribution in [0.1, 0.15) is 32.1 Å². The standard InChI is InChI=1S/C18H24N4O2/c23-18(19-11-2-1-5-17-6-3-14-24-17)21-15-7-9-16(10-8-15)22-13-4-12-20-22/h4,7-10,12-13,17H,1-3,5-6,11,14H2,(H2,19,21,23). The van der Waals surface area contributed by atoms with Gasteiger partial charge in [-0.2, -0.15) is 5.10 Å². The fourth-order valence-corrected chi connectivity index (χ4v) is 2.87. The number of rotatable bonds is 7. The molecule has 0 bridgehead atoms. The summed E-state index contributed by atoms with van der Waals surface area (Å²) in [6.45, 7) is 1.59. The molecule has 0 spiro atoms. The van der Waals surface area contributed by atoms with Crippen molar-refractivity contribution in [3.05, 3.63) is 42.7 Å². The van der Waals surface area contributed by atoms with Gasteiger partial charge in [-0.3, -0.25) is 0 Å². The van der Waals surface area contributed by atoms with Crippen molar-refractivity contribution in [1.29, 1.82) is 0 Å². The quantitative estimate of drug-likeness (QED) is 0.766. The van der Waals surface area contributed by atoms with Gasteiger partial charge in [-0.15, -0.1) is 0 Å². The van der Waals surface area contributed by atoms with Gasteiger partial charge in [0.2, 0.25) is 0 Å². The molecule has 6 nitrogen and oxygen atoms in total. The molecule has 128 valence electrons. The van der Waals surface area contributed by atoms with E-state index < -0.39 is 0 Å². The molecule has 3 rings (SSSR count). The molecule has 2 heterocycles. The number of ether oxygens (including phenoxy) is 1. The summed E-state index contributed by atoms with van der Waals surface area (Å²) in [6.07, 6.45) is 9.58. The van der Waals surface area contributed by atoms with Gasteiger partial charge in [0, 0.05) is 31.2 Å². The number of carbonyl (C=O) groups excluding carboxylic acids is 1. The first kappa shape index (κ1) is 16.5. The highest BCUT2D eigenvalue weighted by Gasteiger charge is 2.14. The number of nitrogens with zero attached hydrogens (tertiary/aromatic N) is 2. The predicted octanol–water partition coefficient (Wildman–Crippen LogP) is 3.34. The van der Waals surface area contributed by atoms with E-state index in [1.165, 1.54) is 12.8 Å². The minimum Gasteiger partial charge on any atom is -0.378 e. The molecule has 1 saturated heterocycles. The lowest BCUT2D eigenvalue weighted by Crippen LogP contribution is -2.29. The smallest absolute Gasteiger partial charge is 0.319 e. The highest BCUT2D eigenvalue weighted by Crippen LogP contribution is 2.17. The van der Waals surface area contributed by atoms with Crippen molar-refractivity contribution in [2.75, 3.05) is 18.5 Å². The van der Waals surface area contributed by atoms with Crippen molar-refractivity contribution in [2.24, 2.45) is 0 Å². The summed E-state index contributed by atoms with van der Waals surface area (Å²) in [4.78, 5) is 11.9. The van der Waals surface area contributed by atoms with Gasteiger partial charge in [0.1, 0.15) is 0 Å². The third-order valence-electron chi connectivity index (χ3n) is 4.16. The van der Waals surface area contributed by atoms with Gasteiger partial charge >= 0.3 is 6.03 Å². The largest absolute Gasteiger partial charge is 0.378 e. The Hall–Kier alpha value is -2.34. The van der Waals surface area contributed by atoms with Crippen LogP contribution in [0.25, 0.3) is 5.69 Å². The van der Waals surface area contributed by atoms with Gasteiger partial charge in [-0.1, -0.05) is 0 Å². The monoisotopic (exact) mass is 328 g/mol. The number of unbranched alkanes of at least 4 members (excludes halogenated alkanes) is 1. The molecule has 1 aliphatic rings. The molecule has 2 amide bonds. The zero-order valence-electron chi connectivity index (χ0n) is 13.8. The lowest BCUT2D eigenvalue weighted by molar-refractivity contribution is 0.102. The number of benzene rings is 1. The third kappa shape index (κ3) is 4.83. The molecule has 2 N–H and O–H groups in total. The number of hydrogen-bond acceptors (Lipinski definition) is 3. The molecule has 1 aliphatic heterocycles. The normalized spacial score (nSPS) is 16.9. The number of anilines is 1. The SMILES string of the molecule is O=C(NCCCCC1CCCO1)Nc1ccc(-n2cccn2)cc1. The number of amides is 2. The van der Waals surface area contributed by atoms with Crippen molar-refractivity contribution < 1.29 is 9.53 Å². The summed E-state index contributed by atoms with van der Waals surface area (Å²) in [5, 5.41) is 9.90. The molecule has 0 aliphatic carbocycles. The Morgan fingerprint density at radius 2 is 2.17 bits per heavy atom. The number of hydrogen-bond donors (Lipinski definition) is 2. The lowest BCUT2D eigenvalue weighted by atomic mass is 10.1. The Morgan fingerprint density at radius 1 is 1.29 bits per heavy atom. The second-order valence-corrected chi connectivity index (χ2v) is 6.01. The van der Waals surface area contributed by atoms with E-state index >= 15 is 0 Å². The van der Waals surface area contributed by atoms with Crippen molar-refractivity contribution in [1.82, 2.24) is 15.1 Å². The van der Waals surface area contributed by atoms with E-state index in [2.05, 4.69) is 15.7 Å². The topological polar surface area (TPSA) is 68.2 Å². The van der Waals surface area contributed by atoms with Gasteiger partial charge in [0.25, 0.3) is 0 Å². The zero-order chi connectivity index (χ0) is 16.6. The Balaban J connectivity index is 1.34. The number of nitrogens with one attached hydrogen (secondary N) is 2. The Labute approximate surface area is 142 Å².